The van der Waals surface area contributed by atoms with E-state index < -0.39 is 0 Å². The van der Waals surface area contributed by atoms with Crippen molar-refractivity contribution in [3.8, 4) is 11.3 Å². The van der Waals surface area contributed by atoms with Crippen LogP contribution in [0, 0.1) is 20.8 Å². The SMILES string of the molecule is CCn1nc(C(=O)Nc2nc(-c3ccc(C)c(C)c3)cs2)cc1C. The summed E-state index contributed by atoms with van der Waals surface area (Å²) in [7, 11) is 0. The highest BCUT2D eigenvalue weighted by Crippen LogP contribution is 2.26. The van der Waals surface area contributed by atoms with Gasteiger partial charge in [-0.1, -0.05) is 12.1 Å². The molecule has 0 spiro atoms. The predicted molar refractivity (Wildman–Crippen MR) is 97.6 cm³/mol. The Balaban J connectivity index is 1.77. The first-order chi connectivity index (χ1) is 11.5. The first-order valence-electron chi connectivity index (χ1n) is 7.87. The summed E-state index contributed by atoms with van der Waals surface area (Å²) in [6.07, 6.45) is 0. The number of carbonyl (C=O) groups is 1. The second-order valence-electron chi connectivity index (χ2n) is 5.78. The van der Waals surface area contributed by atoms with Gasteiger partial charge in [-0.3, -0.25) is 14.8 Å². The van der Waals surface area contributed by atoms with Crippen LogP contribution in [0.2, 0.25) is 0 Å². The number of rotatable bonds is 4. The third-order valence-electron chi connectivity index (χ3n) is 4.04. The van der Waals surface area contributed by atoms with E-state index >= 15 is 0 Å². The molecule has 1 aromatic carbocycles. The van der Waals surface area contributed by atoms with Crippen LogP contribution in [0.25, 0.3) is 11.3 Å². The van der Waals surface area contributed by atoms with E-state index in [-0.39, 0.29) is 5.91 Å². The van der Waals surface area contributed by atoms with Crippen LogP contribution in [0.15, 0.2) is 29.6 Å². The molecule has 6 heteroatoms. The molecular weight excluding hydrogens is 320 g/mol. The van der Waals surface area contributed by atoms with E-state index in [1.807, 2.05) is 19.2 Å². The van der Waals surface area contributed by atoms with Crippen molar-refractivity contribution in [3.05, 3.63) is 52.2 Å². The molecule has 3 aromatic rings. The highest BCUT2D eigenvalue weighted by Gasteiger charge is 2.14. The Morgan fingerprint density at radius 1 is 1.21 bits per heavy atom. The highest BCUT2D eigenvalue weighted by atomic mass is 32.1. The van der Waals surface area contributed by atoms with Crippen molar-refractivity contribution < 1.29 is 4.79 Å². The minimum atomic E-state index is -0.230. The molecule has 2 heterocycles. The van der Waals surface area contributed by atoms with E-state index in [1.165, 1.54) is 22.5 Å². The normalized spacial score (nSPS) is 10.8. The second-order valence-corrected chi connectivity index (χ2v) is 6.64. The Morgan fingerprint density at radius 3 is 2.67 bits per heavy atom. The number of amides is 1. The largest absolute Gasteiger partial charge is 0.296 e. The number of aromatic nitrogens is 3. The van der Waals surface area contributed by atoms with Gasteiger partial charge in [0.05, 0.1) is 5.69 Å². The molecule has 0 radical (unpaired) electrons. The van der Waals surface area contributed by atoms with Gasteiger partial charge in [-0.2, -0.15) is 5.10 Å². The summed E-state index contributed by atoms with van der Waals surface area (Å²) in [5, 5.41) is 9.66. The summed E-state index contributed by atoms with van der Waals surface area (Å²) in [4.78, 5) is 16.8. The summed E-state index contributed by atoms with van der Waals surface area (Å²) in [6.45, 7) is 8.85. The zero-order valence-corrected chi connectivity index (χ0v) is 15.1. The molecule has 3 rings (SSSR count). The monoisotopic (exact) mass is 340 g/mol. The van der Waals surface area contributed by atoms with E-state index in [0.717, 1.165) is 23.5 Å². The van der Waals surface area contributed by atoms with Gasteiger partial charge in [0.15, 0.2) is 10.8 Å². The molecule has 5 nitrogen and oxygen atoms in total. The second kappa shape index (κ2) is 6.57. The molecule has 24 heavy (non-hydrogen) atoms. The fraction of sp³-hybridized carbons (Fsp3) is 0.278. The lowest BCUT2D eigenvalue weighted by atomic mass is 10.1. The van der Waals surface area contributed by atoms with E-state index in [4.69, 9.17) is 0 Å². The van der Waals surface area contributed by atoms with Gasteiger partial charge in [-0.25, -0.2) is 4.98 Å². The summed E-state index contributed by atoms with van der Waals surface area (Å²) in [5.74, 6) is -0.230. The maximum Gasteiger partial charge on any atom is 0.277 e. The molecule has 0 aliphatic rings. The van der Waals surface area contributed by atoms with Gasteiger partial charge in [0.25, 0.3) is 5.91 Å². The van der Waals surface area contributed by atoms with Crippen molar-refractivity contribution in [2.75, 3.05) is 5.32 Å². The number of benzene rings is 1. The van der Waals surface area contributed by atoms with Crippen molar-refractivity contribution in [2.45, 2.75) is 34.2 Å². The fourth-order valence-corrected chi connectivity index (χ4v) is 3.18. The Hall–Kier alpha value is -2.47. The van der Waals surface area contributed by atoms with Crippen molar-refractivity contribution >= 4 is 22.4 Å². The van der Waals surface area contributed by atoms with Crippen LogP contribution >= 0.6 is 11.3 Å². The summed E-state index contributed by atoms with van der Waals surface area (Å²) >= 11 is 1.42. The number of anilines is 1. The Morgan fingerprint density at radius 2 is 2.00 bits per heavy atom. The van der Waals surface area contributed by atoms with Crippen LogP contribution < -0.4 is 5.32 Å². The molecule has 0 bridgehead atoms. The molecule has 1 amide bonds. The van der Waals surface area contributed by atoms with Crippen molar-refractivity contribution in [1.82, 2.24) is 14.8 Å². The van der Waals surface area contributed by atoms with Gasteiger partial charge in [0, 0.05) is 23.2 Å². The van der Waals surface area contributed by atoms with Crippen LogP contribution in [-0.4, -0.2) is 20.7 Å². The maximum atomic E-state index is 12.3. The van der Waals surface area contributed by atoms with Gasteiger partial charge in [-0.05, 0) is 51.0 Å². The number of hydrogen-bond donors (Lipinski definition) is 1. The molecule has 2 aromatic heterocycles. The van der Waals surface area contributed by atoms with Gasteiger partial charge in [0.1, 0.15) is 0 Å². The molecule has 0 atom stereocenters. The molecule has 124 valence electrons. The van der Waals surface area contributed by atoms with Gasteiger partial charge < -0.3 is 0 Å². The number of hydrogen-bond acceptors (Lipinski definition) is 4. The molecule has 0 saturated heterocycles. The molecular formula is C18H20N4OS. The fourth-order valence-electron chi connectivity index (χ4n) is 2.47. The lowest BCUT2D eigenvalue weighted by Crippen LogP contribution is -2.13. The number of nitrogens with one attached hydrogen (secondary N) is 1. The van der Waals surface area contributed by atoms with E-state index in [1.54, 1.807) is 10.7 Å². The molecule has 0 fully saturated rings. The van der Waals surface area contributed by atoms with Gasteiger partial charge >= 0.3 is 0 Å². The van der Waals surface area contributed by atoms with Crippen molar-refractivity contribution in [1.29, 1.82) is 0 Å². The van der Waals surface area contributed by atoms with Crippen molar-refractivity contribution in [3.63, 3.8) is 0 Å². The van der Waals surface area contributed by atoms with E-state index in [9.17, 15) is 4.79 Å². The average Bonchev–Trinajstić information content (AvgIpc) is 3.16. The zero-order valence-electron chi connectivity index (χ0n) is 14.3. The quantitative estimate of drug-likeness (QED) is 0.774. The van der Waals surface area contributed by atoms with Gasteiger partial charge in [0.2, 0.25) is 0 Å². The summed E-state index contributed by atoms with van der Waals surface area (Å²) in [5.41, 5.74) is 5.79. The van der Waals surface area contributed by atoms with Crippen LogP contribution in [0.4, 0.5) is 5.13 Å². The third kappa shape index (κ3) is 3.23. The molecule has 0 unspecified atom stereocenters. The number of aryl methyl sites for hydroxylation is 4. The van der Waals surface area contributed by atoms with E-state index in [0.29, 0.717) is 10.8 Å². The van der Waals surface area contributed by atoms with Gasteiger partial charge in [-0.15, -0.1) is 11.3 Å². The minimum Gasteiger partial charge on any atom is -0.296 e. The molecule has 0 saturated carbocycles. The first-order valence-corrected chi connectivity index (χ1v) is 8.75. The number of thiazole rings is 1. The highest BCUT2D eigenvalue weighted by molar-refractivity contribution is 7.14. The topological polar surface area (TPSA) is 59.8 Å². The predicted octanol–water partition coefficient (Wildman–Crippen LogP) is 4.20. The lowest BCUT2D eigenvalue weighted by molar-refractivity contribution is 0.102. The Bertz CT molecular complexity index is 894. The summed E-state index contributed by atoms with van der Waals surface area (Å²) in [6, 6.07) is 8.04. The minimum absolute atomic E-state index is 0.230. The molecule has 0 aliphatic carbocycles. The maximum absolute atomic E-state index is 12.3. The Labute approximate surface area is 145 Å². The number of nitrogens with zero attached hydrogens (tertiary/aromatic N) is 3. The van der Waals surface area contributed by atoms with Crippen LogP contribution in [0.3, 0.4) is 0 Å². The molecule has 0 aliphatic heterocycles. The zero-order chi connectivity index (χ0) is 17.3. The standard InChI is InChI=1S/C18H20N4OS/c1-5-22-13(4)9-15(21-22)17(23)20-18-19-16(10-24-18)14-7-6-11(2)12(3)8-14/h6-10H,5H2,1-4H3,(H,19,20,23). The number of carbonyl (C=O) groups excluding carboxylic acids is 1. The summed E-state index contributed by atoms with van der Waals surface area (Å²) < 4.78 is 1.80. The van der Waals surface area contributed by atoms with Crippen LogP contribution in [0.5, 0.6) is 0 Å². The van der Waals surface area contributed by atoms with Crippen LogP contribution in [0.1, 0.15) is 34.2 Å². The first kappa shape index (κ1) is 16.4. The third-order valence-corrected chi connectivity index (χ3v) is 4.80. The van der Waals surface area contributed by atoms with Crippen molar-refractivity contribution in [2.24, 2.45) is 0 Å². The van der Waals surface area contributed by atoms with Crippen LogP contribution in [-0.2, 0) is 6.54 Å². The smallest absolute Gasteiger partial charge is 0.277 e. The van der Waals surface area contributed by atoms with E-state index in [2.05, 4.69) is 47.4 Å². The Kier molecular flexibility index (Phi) is 4.49. The average molecular weight is 340 g/mol. The lowest BCUT2D eigenvalue weighted by Gasteiger charge is -2.02. The molecule has 1 N–H and O–H groups in total.